The van der Waals surface area contributed by atoms with Crippen LogP contribution in [-0.2, 0) is 0 Å². The van der Waals surface area contributed by atoms with Gasteiger partial charge in [0.2, 0.25) is 0 Å². The number of halogens is 2. The van der Waals surface area contributed by atoms with Crippen molar-refractivity contribution in [1.29, 1.82) is 0 Å². The lowest BCUT2D eigenvalue weighted by atomic mass is 9.98. The van der Waals surface area contributed by atoms with E-state index in [1.807, 2.05) is 0 Å². The van der Waals surface area contributed by atoms with Gasteiger partial charge in [0, 0.05) is 9.30 Å². The summed E-state index contributed by atoms with van der Waals surface area (Å²) in [6, 6.07) is 13.0. The van der Waals surface area contributed by atoms with Gasteiger partial charge in [-0.1, -0.05) is 76.0 Å². The Labute approximate surface area is 126 Å². The molecule has 0 saturated carbocycles. The van der Waals surface area contributed by atoms with Crippen LogP contribution in [0.25, 0.3) is 10.8 Å². The maximum absolute atomic E-state index is 3.84. The summed E-state index contributed by atoms with van der Waals surface area (Å²) in [6.45, 7) is 4.55. The maximum atomic E-state index is 3.84. The number of fused-ring (bicyclic) bond motifs is 1. The van der Waals surface area contributed by atoms with E-state index in [9.17, 15) is 0 Å². The molecule has 0 aliphatic heterocycles. The third-order valence-electron chi connectivity index (χ3n) is 3.24. The van der Waals surface area contributed by atoms with E-state index in [0.717, 1.165) is 5.92 Å². The number of benzene rings is 2. The van der Waals surface area contributed by atoms with Crippen molar-refractivity contribution in [2.75, 3.05) is 0 Å². The van der Waals surface area contributed by atoms with E-state index in [2.05, 4.69) is 82.1 Å². The first-order valence-corrected chi connectivity index (χ1v) is 8.11. The van der Waals surface area contributed by atoms with Crippen LogP contribution in [0.5, 0.6) is 0 Å². The number of alkyl halides is 1. The summed E-state index contributed by atoms with van der Waals surface area (Å²) in [5.41, 5.74) is 1.40. The van der Waals surface area contributed by atoms with E-state index < -0.39 is 0 Å². The summed E-state index contributed by atoms with van der Waals surface area (Å²) in [7, 11) is 0. The SMILES string of the molecule is CC(C)CCC(Br)c1ccc(Br)c2ccccc12. The summed E-state index contributed by atoms with van der Waals surface area (Å²) in [4.78, 5) is 0.442. The molecule has 2 heteroatoms. The molecule has 0 heterocycles. The summed E-state index contributed by atoms with van der Waals surface area (Å²) in [5, 5.41) is 2.64. The Hall–Kier alpha value is -0.340. The molecular formula is C16H18Br2. The average molecular weight is 370 g/mol. The largest absolute Gasteiger partial charge is 0.0839 e. The minimum absolute atomic E-state index is 0.442. The van der Waals surface area contributed by atoms with Crippen LogP contribution in [0.3, 0.4) is 0 Å². The van der Waals surface area contributed by atoms with Crippen molar-refractivity contribution in [3.8, 4) is 0 Å². The molecule has 0 nitrogen and oxygen atoms in total. The fourth-order valence-corrected chi connectivity index (χ4v) is 3.34. The fourth-order valence-electron chi connectivity index (χ4n) is 2.19. The Morgan fingerprint density at radius 2 is 1.61 bits per heavy atom. The molecule has 0 amide bonds. The van der Waals surface area contributed by atoms with Crippen LogP contribution in [0.4, 0.5) is 0 Å². The Morgan fingerprint density at radius 3 is 2.28 bits per heavy atom. The van der Waals surface area contributed by atoms with Crippen LogP contribution in [0.15, 0.2) is 40.9 Å². The number of hydrogen-bond donors (Lipinski definition) is 0. The lowest BCUT2D eigenvalue weighted by molar-refractivity contribution is 0.555. The highest BCUT2D eigenvalue weighted by molar-refractivity contribution is 9.10. The van der Waals surface area contributed by atoms with E-state index in [-0.39, 0.29) is 0 Å². The van der Waals surface area contributed by atoms with Gasteiger partial charge in [-0.15, -0.1) is 0 Å². The first kappa shape index (κ1) is 14.1. The highest BCUT2D eigenvalue weighted by Crippen LogP contribution is 2.36. The molecular weight excluding hydrogens is 352 g/mol. The second-order valence-corrected chi connectivity index (χ2v) is 7.08. The van der Waals surface area contributed by atoms with Gasteiger partial charge in [0.1, 0.15) is 0 Å². The second-order valence-electron chi connectivity index (χ2n) is 5.12. The average Bonchev–Trinajstić information content (AvgIpc) is 2.37. The molecule has 0 radical (unpaired) electrons. The first-order chi connectivity index (χ1) is 8.59. The summed E-state index contributed by atoms with van der Waals surface area (Å²) in [5.74, 6) is 0.756. The van der Waals surface area contributed by atoms with Gasteiger partial charge < -0.3 is 0 Å². The van der Waals surface area contributed by atoms with Crippen molar-refractivity contribution in [3.63, 3.8) is 0 Å². The second kappa shape index (κ2) is 6.21. The standard InChI is InChI=1S/C16H18Br2/c1-11(2)7-9-15(17)14-8-10-16(18)13-6-4-3-5-12(13)14/h3-6,8,10-11,15H,7,9H2,1-2H3. The molecule has 2 aromatic rings. The molecule has 18 heavy (non-hydrogen) atoms. The summed E-state index contributed by atoms with van der Waals surface area (Å²) >= 11 is 7.47. The zero-order chi connectivity index (χ0) is 13.1. The van der Waals surface area contributed by atoms with Crippen LogP contribution in [-0.4, -0.2) is 0 Å². The number of hydrogen-bond acceptors (Lipinski definition) is 0. The van der Waals surface area contributed by atoms with Gasteiger partial charge in [-0.25, -0.2) is 0 Å². The van der Waals surface area contributed by atoms with Gasteiger partial charge >= 0.3 is 0 Å². The zero-order valence-corrected chi connectivity index (χ0v) is 14.0. The third-order valence-corrected chi connectivity index (χ3v) is 4.88. The third kappa shape index (κ3) is 3.16. The summed E-state index contributed by atoms with van der Waals surface area (Å²) in [6.07, 6.45) is 2.43. The van der Waals surface area contributed by atoms with E-state index >= 15 is 0 Å². The topological polar surface area (TPSA) is 0 Å². The van der Waals surface area contributed by atoms with Crippen molar-refractivity contribution in [2.45, 2.75) is 31.5 Å². The van der Waals surface area contributed by atoms with Crippen LogP contribution in [0, 0.1) is 5.92 Å². The predicted molar refractivity (Wildman–Crippen MR) is 87.4 cm³/mol. The van der Waals surface area contributed by atoms with Crippen LogP contribution < -0.4 is 0 Å². The smallest absolute Gasteiger partial charge is 0.0401 e. The molecule has 96 valence electrons. The van der Waals surface area contributed by atoms with Gasteiger partial charge in [-0.05, 0) is 41.2 Å². The quantitative estimate of drug-likeness (QED) is 0.541. The van der Waals surface area contributed by atoms with Crippen molar-refractivity contribution in [2.24, 2.45) is 5.92 Å². The molecule has 2 aromatic carbocycles. The molecule has 0 N–H and O–H groups in total. The lowest BCUT2D eigenvalue weighted by Crippen LogP contribution is -1.95. The molecule has 1 atom stereocenters. The minimum Gasteiger partial charge on any atom is -0.0839 e. The molecule has 1 unspecified atom stereocenters. The molecule has 0 spiro atoms. The molecule has 0 aliphatic carbocycles. The monoisotopic (exact) mass is 368 g/mol. The Bertz CT molecular complexity index is 532. The molecule has 2 rings (SSSR count). The molecule has 0 saturated heterocycles. The van der Waals surface area contributed by atoms with Crippen molar-refractivity contribution in [3.05, 3.63) is 46.4 Å². The fraction of sp³-hybridized carbons (Fsp3) is 0.375. The normalized spacial score (nSPS) is 13.2. The summed E-state index contributed by atoms with van der Waals surface area (Å²) < 4.78 is 1.17. The zero-order valence-electron chi connectivity index (χ0n) is 10.8. The maximum Gasteiger partial charge on any atom is 0.0401 e. The van der Waals surface area contributed by atoms with E-state index in [4.69, 9.17) is 0 Å². The van der Waals surface area contributed by atoms with E-state index in [1.54, 1.807) is 0 Å². The van der Waals surface area contributed by atoms with E-state index in [1.165, 1.54) is 33.7 Å². The lowest BCUT2D eigenvalue weighted by Gasteiger charge is -2.15. The molecule has 0 aliphatic rings. The molecule has 0 fully saturated rings. The van der Waals surface area contributed by atoms with Crippen molar-refractivity contribution < 1.29 is 0 Å². The predicted octanol–water partition coefficient (Wildman–Crippen LogP) is 6.47. The molecule has 0 bridgehead atoms. The van der Waals surface area contributed by atoms with Gasteiger partial charge in [-0.3, -0.25) is 0 Å². The molecule has 0 aromatic heterocycles. The van der Waals surface area contributed by atoms with Gasteiger partial charge in [0.15, 0.2) is 0 Å². The van der Waals surface area contributed by atoms with Gasteiger partial charge in [0.25, 0.3) is 0 Å². The first-order valence-electron chi connectivity index (χ1n) is 6.41. The van der Waals surface area contributed by atoms with Crippen molar-refractivity contribution in [1.82, 2.24) is 0 Å². The number of rotatable bonds is 4. The Kier molecular flexibility index (Phi) is 4.85. The van der Waals surface area contributed by atoms with Crippen LogP contribution >= 0.6 is 31.9 Å². The van der Waals surface area contributed by atoms with Gasteiger partial charge in [0.05, 0.1) is 0 Å². The van der Waals surface area contributed by atoms with Crippen molar-refractivity contribution >= 4 is 42.6 Å². The van der Waals surface area contributed by atoms with Gasteiger partial charge in [-0.2, -0.15) is 0 Å². The Morgan fingerprint density at radius 1 is 0.944 bits per heavy atom. The highest BCUT2D eigenvalue weighted by Gasteiger charge is 2.12. The highest BCUT2D eigenvalue weighted by atomic mass is 79.9. The van der Waals surface area contributed by atoms with Crippen LogP contribution in [0.1, 0.15) is 37.1 Å². The van der Waals surface area contributed by atoms with E-state index in [0.29, 0.717) is 4.83 Å². The van der Waals surface area contributed by atoms with Crippen LogP contribution in [0.2, 0.25) is 0 Å². The Balaban J connectivity index is 2.36. The minimum atomic E-state index is 0.442.